The molecule has 2 aromatic carbocycles. The minimum atomic E-state index is -0.235. The molecule has 0 bridgehead atoms. The maximum Gasteiger partial charge on any atom is 0.228 e. The Hall–Kier alpha value is -3.68. The number of carbonyl (C=O) groups excluding carboxylic acids is 2. The molecule has 8 heteroatoms. The third kappa shape index (κ3) is 5.32. The second-order valence-corrected chi connectivity index (χ2v) is 7.78. The summed E-state index contributed by atoms with van der Waals surface area (Å²) in [7, 11) is 1.61. The van der Waals surface area contributed by atoms with Crippen LogP contribution in [0, 0.1) is 5.92 Å². The van der Waals surface area contributed by atoms with E-state index in [0.29, 0.717) is 50.6 Å². The van der Waals surface area contributed by atoms with E-state index in [1.165, 1.54) is 0 Å². The Labute approximate surface area is 186 Å². The van der Waals surface area contributed by atoms with Gasteiger partial charge in [-0.1, -0.05) is 47.6 Å². The van der Waals surface area contributed by atoms with Crippen molar-refractivity contribution in [1.29, 1.82) is 0 Å². The predicted octanol–water partition coefficient (Wildman–Crippen LogP) is 2.84. The van der Waals surface area contributed by atoms with E-state index in [1.54, 1.807) is 12.0 Å². The second-order valence-electron chi connectivity index (χ2n) is 7.78. The fourth-order valence-corrected chi connectivity index (χ4v) is 3.77. The zero-order chi connectivity index (χ0) is 22.3. The van der Waals surface area contributed by atoms with Gasteiger partial charge in [0, 0.05) is 38.0 Å². The van der Waals surface area contributed by atoms with Gasteiger partial charge in [0.25, 0.3) is 0 Å². The highest BCUT2D eigenvalue weighted by molar-refractivity contribution is 5.83. The topological polar surface area (TPSA) is 97.6 Å². The van der Waals surface area contributed by atoms with Crippen LogP contribution in [0.2, 0.25) is 0 Å². The van der Waals surface area contributed by atoms with Gasteiger partial charge in [0.15, 0.2) is 0 Å². The van der Waals surface area contributed by atoms with Crippen molar-refractivity contribution in [1.82, 2.24) is 20.4 Å². The average molecular weight is 434 g/mol. The summed E-state index contributed by atoms with van der Waals surface area (Å²) in [6, 6.07) is 17.2. The molecule has 1 saturated heterocycles. The Kier molecular flexibility index (Phi) is 6.79. The first-order chi connectivity index (χ1) is 15.6. The van der Waals surface area contributed by atoms with Crippen molar-refractivity contribution >= 4 is 11.8 Å². The van der Waals surface area contributed by atoms with E-state index >= 15 is 0 Å². The molecule has 1 aliphatic rings. The Morgan fingerprint density at radius 3 is 2.88 bits per heavy atom. The average Bonchev–Trinajstić information content (AvgIpc) is 3.30. The smallest absolute Gasteiger partial charge is 0.228 e. The molecule has 2 amide bonds. The van der Waals surface area contributed by atoms with Crippen molar-refractivity contribution in [2.75, 3.05) is 20.2 Å². The lowest BCUT2D eigenvalue weighted by atomic mass is 9.96. The zero-order valence-electron chi connectivity index (χ0n) is 18.0. The Balaban J connectivity index is 1.28. The molecule has 1 aliphatic heterocycles. The lowest BCUT2D eigenvalue weighted by Crippen LogP contribution is -2.45. The third-order valence-electron chi connectivity index (χ3n) is 5.52. The van der Waals surface area contributed by atoms with E-state index in [9.17, 15) is 9.59 Å². The van der Waals surface area contributed by atoms with Gasteiger partial charge in [-0.05, 0) is 24.1 Å². The molecule has 4 rings (SSSR count). The van der Waals surface area contributed by atoms with Gasteiger partial charge in [0.05, 0.1) is 13.0 Å². The number of hydrogen-bond acceptors (Lipinski definition) is 6. The second kappa shape index (κ2) is 10.1. The van der Waals surface area contributed by atoms with E-state index in [1.807, 2.05) is 54.6 Å². The molecule has 0 spiro atoms. The molecule has 1 fully saturated rings. The SMILES string of the molecule is COc1cccc(CN2C[C@@H](C(=O)NCCc3nc(-c4ccccc4)no3)CCC2=O)c1. The highest BCUT2D eigenvalue weighted by atomic mass is 16.5. The Morgan fingerprint density at radius 1 is 1.22 bits per heavy atom. The van der Waals surface area contributed by atoms with Crippen molar-refractivity contribution in [3.8, 4) is 17.1 Å². The van der Waals surface area contributed by atoms with Crippen LogP contribution in [0.15, 0.2) is 59.1 Å². The van der Waals surface area contributed by atoms with E-state index < -0.39 is 0 Å². The van der Waals surface area contributed by atoms with Crippen molar-refractivity contribution in [3.63, 3.8) is 0 Å². The number of ether oxygens (including phenoxy) is 1. The van der Waals surface area contributed by atoms with Gasteiger partial charge < -0.3 is 19.5 Å². The van der Waals surface area contributed by atoms with Crippen LogP contribution in [0.5, 0.6) is 5.75 Å². The van der Waals surface area contributed by atoms with Crippen LogP contribution in [-0.4, -0.2) is 47.1 Å². The number of benzene rings is 2. The number of piperidine rings is 1. The molecule has 1 atom stereocenters. The van der Waals surface area contributed by atoms with Crippen LogP contribution in [0.3, 0.4) is 0 Å². The van der Waals surface area contributed by atoms with Gasteiger partial charge in [-0.2, -0.15) is 4.98 Å². The summed E-state index contributed by atoms with van der Waals surface area (Å²) in [5, 5.41) is 6.94. The Morgan fingerprint density at radius 2 is 2.06 bits per heavy atom. The minimum Gasteiger partial charge on any atom is -0.497 e. The minimum absolute atomic E-state index is 0.0593. The van der Waals surface area contributed by atoms with Gasteiger partial charge in [-0.15, -0.1) is 0 Å². The highest BCUT2D eigenvalue weighted by Gasteiger charge is 2.30. The summed E-state index contributed by atoms with van der Waals surface area (Å²) < 4.78 is 10.5. The Bertz CT molecular complexity index is 1070. The maximum atomic E-state index is 12.7. The van der Waals surface area contributed by atoms with E-state index in [2.05, 4.69) is 15.5 Å². The van der Waals surface area contributed by atoms with Crippen LogP contribution in [0.1, 0.15) is 24.3 Å². The number of hydrogen-bond donors (Lipinski definition) is 1. The fourth-order valence-electron chi connectivity index (χ4n) is 3.77. The largest absolute Gasteiger partial charge is 0.497 e. The molecule has 2 heterocycles. The highest BCUT2D eigenvalue weighted by Crippen LogP contribution is 2.22. The molecule has 3 aromatic rings. The van der Waals surface area contributed by atoms with Crippen molar-refractivity contribution < 1.29 is 18.8 Å². The zero-order valence-corrected chi connectivity index (χ0v) is 18.0. The number of nitrogens with one attached hydrogen (secondary N) is 1. The molecule has 0 aliphatic carbocycles. The van der Waals surface area contributed by atoms with E-state index in [0.717, 1.165) is 16.9 Å². The van der Waals surface area contributed by atoms with E-state index in [-0.39, 0.29) is 17.7 Å². The lowest BCUT2D eigenvalue weighted by Gasteiger charge is -2.32. The third-order valence-corrected chi connectivity index (χ3v) is 5.52. The summed E-state index contributed by atoms with van der Waals surface area (Å²) in [5.41, 5.74) is 1.86. The molecule has 1 aromatic heterocycles. The standard InChI is InChI=1S/C24H26N4O4/c1-31-20-9-5-6-17(14-20)15-28-16-19(10-11-22(28)29)24(30)25-13-12-21-26-23(27-32-21)18-7-3-2-4-8-18/h2-9,14,19H,10-13,15-16H2,1H3,(H,25,30)/t19-/m0/s1. The van der Waals surface area contributed by atoms with Gasteiger partial charge in [0.2, 0.25) is 23.5 Å². The molecule has 0 saturated carbocycles. The molecule has 32 heavy (non-hydrogen) atoms. The number of methoxy groups -OCH3 is 1. The first kappa shape index (κ1) is 21.5. The summed E-state index contributed by atoms with van der Waals surface area (Å²) >= 11 is 0. The fraction of sp³-hybridized carbons (Fsp3) is 0.333. The van der Waals surface area contributed by atoms with Crippen LogP contribution in [0.25, 0.3) is 11.4 Å². The molecule has 1 N–H and O–H groups in total. The van der Waals surface area contributed by atoms with Crippen molar-refractivity contribution in [2.24, 2.45) is 5.92 Å². The van der Waals surface area contributed by atoms with Gasteiger partial charge in [-0.25, -0.2) is 0 Å². The number of carbonyl (C=O) groups is 2. The van der Waals surface area contributed by atoms with Gasteiger partial charge >= 0.3 is 0 Å². The van der Waals surface area contributed by atoms with Crippen LogP contribution >= 0.6 is 0 Å². The van der Waals surface area contributed by atoms with Crippen molar-refractivity contribution in [3.05, 3.63) is 66.1 Å². The summed E-state index contributed by atoms with van der Waals surface area (Å²) in [5.74, 6) is 1.53. The summed E-state index contributed by atoms with van der Waals surface area (Å²) in [6.07, 6.45) is 1.37. The quantitative estimate of drug-likeness (QED) is 0.586. The number of amides is 2. The lowest BCUT2D eigenvalue weighted by molar-refractivity contribution is -0.138. The monoisotopic (exact) mass is 434 g/mol. The van der Waals surface area contributed by atoms with E-state index in [4.69, 9.17) is 9.26 Å². The number of nitrogens with zero attached hydrogens (tertiary/aromatic N) is 3. The van der Waals surface area contributed by atoms with Crippen LogP contribution < -0.4 is 10.1 Å². The molecule has 0 radical (unpaired) electrons. The summed E-state index contributed by atoms with van der Waals surface area (Å²) in [4.78, 5) is 31.2. The van der Waals surface area contributed by atoms with Crippen LogP contribution in [-0.2, 0) is 22.6 Å². The van der Waals surface area contributed by atoms with Crippen molar-refractivity contribution in [2.45, 2.75) is 25.8 Å². The first-order valence-corrected chi connectivity index (χ1v) is 10.7. The molecule has 8 nitrogen and oxygen atoms in total. The summed E-state index contributed by atoms with van der Waals surface area (Å²) in [6.45, 7) is 1.26. The molecule has 166 valence electrons. The number of rotatable bonds is 8. The number of aromatic nitrogens is 2. The van der Waals surface area contributed by atoms with Crippen LogP contribution in [0.4, 0.5) is 0 Å². The maximum absolute atomic E-state index is 12.7. The molecular formula is C24H26N4O4. The predicted molar refractivity (Wildman–Crippen MR) is 118 cm³/mol. The molecule has 0 unspecified atom stereocenters. The number of likely N-dealkylation sites (tertiary alicyclic amines) is 1. The molecular weight excluding hydrogens is 408 g/mol. The normalized spacial score (nSPS) is 16.1. The van der Waals surface area contributed by atoms with Gasteiger partial charge in [0.1, 0.15) is 5.75 Å². The first-order valence-electron chi connectivity index (χ1n) is 10.7. The van der Waals surface area contributed by atoms with Gasteiger partial charge in [-0.3, -0.25) is 9.59 Å².